The van der Waals surface area contributed by atoms with Crippen LogP contribution in [0.2, 0.25) is 10.0 Å². The monoisotopic (exact) mass is 484 g/mol. The SMILES string of the molecule is COc1ccc(Cl)c(Cc2c(C#N)c3c(C)cccc3n2S(=O)(=O)c2ccccc2)c1Cl. The minimum Gasteiger partial charge on any atom is -0.495 e. The van der Waals surface area contributed by atoms with E-state index >= 15 is 0 Å². The number of hydrogen-bond acceptors (Lipinski definition) is 4. The molecule has 0 bridgehead atoms. The highest BCUT2D eigenvalue weighted by molar-refractivity contribution is 7.90. The molecule has 0 aliphatic rings. The minimum absolute atomic E-state index is 0.0257. The van der Waals surface area contributed by atoms with E-state index in [-0.39, 0.29) is 27.6 Å². The van der Waals surface area contributed by atoms with E-state index in [0.29, 0.717) is 27.2 Å². The fourth-order valence-corrected chi connectivity index (χ4v) is 6.00. The van der Waals surface area contributed by atoms with Crippen LogP contribution in [0.4, 0.5) is 0 Å². The van der Waals surface area contributed by atoms with Crippen LogP contribution in [0.3, 0.4) is 0 Å². The Labute approximate surface area is 196 Å². The normalized spacial score (nSPS) is 11.5. The van der Waals surface area contributed by atoms with Crippen LogP contribution in [0.25, 0.3) is 10.9 Å². The van der Waals surface area contributed by atoms with E-state index in [1.807, 2.05) is 13.0 Å². The van der Waals surface area contributed by atoms with Crippen LogP contribution in [0.1, 0.15) is 22.4 Å². The lowest BCUT2D eigenvalue weighted by molar-refractivity contribution is 0.414. The van der Waals surface area contributed by atoms with Gasteiger partial charge in [0, 0.05) is 16.8 Å². The van der Waals surface area contributed by atoms with Gasteiger partial charge in [0.2, 0.25) is 0 Å². The average Bonchev–Trinajstić information content (AvgIpc) is 3.12. The molecule has 0 saturated heterocycles. The molecule has 5 nitrogen and oxygen atoms in total. The molecule has 0 aliphatic carbocycles. The number of benzene rings is 3. The molecule has 162 valence electrons. The van der Waals surface area contributed by atoms with Crippen molar-refractivity contribution in [3.63, 3.8) is 0 Å². The number of aryl methyl sites for hydroxylation is 1. The first-order valence-corrected chi connectivity index (χ1v) is 11.8. The lowest BCUT2D eigenvalue weighted by atomic mass is 10.0. The number of methoxy groups -OCH3 is 1. The first kappa shape index (κ1) is 22.2. The third-order valence-electron chi connectivity index (χ3n) is 5.36. The Balaban J connectivity index is 2.09. The van der Waals surface area contributed by atoms with Crippen LogP contribution >= 0.6 is 23.2 Å². The summed E-state index contributed by atoms with van der Waals surface area (Å²) in [5, 5.41) is 11.3. The predicted octanol–water partition coefficient (Wildman–Crippen LogP) is 5.96. The number of rotatable bonds is 5. The van der Waals surface area contributed by atoms with E-state index in [4.69, 9.17) is 27.9 Å². The number of halogens is 2. The van der Waals surface area contributed by atoms with Crippen molar-refractivity contribution in [2.24, 2.45) is 0 Å². The summed E-state index contributed by atoms with van der Waals surface area (Å²) in [5.41, 5.74) is 2.26. The van der Waals surface area contributed by atoms with E-state index < -0.39 is 10.0 Å². The van der Waals surface area contributed by atoms with Crippen LogP contribution in [-0.4, -0.2) is 19.5 Å². The van der Waals surface area contributed by atoms with Gasteiger partial charge in [0.15, 0.2) is 0 Å². The van der Waals surface area contributed by atoms with E-state index in [0.717, 1.165) is 5.56 Å². The summed E-state index contributed by atoms with van der Waals surface area (Å²) in [7, 11) is -2.53. The lowest BCUT2D eigenvalue weighted by Crippen LogP contribution is -2.16. The molecule has 4 aromatic rings. The number of fused-ring (bicyclic) bond motifs is 1. The van der Waals surface area contributed by atoms with Gasteiger partial charge in [-0.05, 0) is 48.4 Å². The maximum atomic E-state index is 13.8. The van der Waals surface area contributed by atoms with Gasteiger partial charge in [0.05, 0.1) is 33.8 Å². The summed E-state index contributed by atoms with van der Waals surface area (Å²) < 4.78 is 34.0. The summed E-state index contributed by atoms with van der Waals surface area (Å²) in [6.07, 6.45) is 0.0257. The maximum absolute atomic E-state index is 13.8. The molecular weight excluding hydrogens is 467 g/mol. The number of hydrogen-bond donors (Lipinski definition) is 0. The van der Waals surface area contributed by atoms with Crippen molar-refractivity contribution in [1.82, 2.24) is 3.97 Å². The summed E-state index contributed by atoms with van der Waals surface area (Å²) >= 11 is 13.0. The van der Waals surface area contributed by atoms with Crippen molar-refractivity contribution in [2.75, 3.05) is 7.11 Å². The first-order chi connectivity index (χ1) is 15.3. The number of aromatic nitrogens is 1. The lowest BCUT2D eigenvalue weighted by Gasteiger charge is -2.15. The van der Waals surface area contributed by atoms with Gasteiger partial charge in [-0.25, -0.2) is 12.4 Å². The Morgan fingerprint density at radius 1 is 1.03 bits per heavy atom. The molecule has 0 atom stereocenters. The van der Waals surface area contributed by atoms with Crippen molar-refractivity contribution < 1.29 is 13.2 Å². The number of nitrogens with zero attached hydrogens (tertiary/aromatic N) is 2. The zero-order chi connectivity index (χ0) is 23.0. The van der Waals surface area contributed by atoms with Crippen molar-refractivity contribution in [3.8, 4) is 11.8 Å². The fourth-order valence-electron chi connectivity index (χ4n) is 3.85. The molecule has 1 heterocycles. The third-order valence-corrected chi connectivity index (χ3v) is 7.90. The Morgan fingerprint density at radius 3 is 2.41 bits per heavy atom. The zero-order valence-corrected chi connectivity index (χ0v) is 19.6. The fraction of sp³-hybridized carbons (Fsp3) is 0.125. The van der Waals surface area contributed by atoms with E-state index in [2.05, 4.69) is 6.07 Å². The molecule has 3 aromatic carbocycles. The molecule has 0 fully saturated rings. The second-order valence-corrected chi connectivity index (χ2v) is 9.78. The van der Waals surface area contributed by atoms with Gasteiger partial charge in [-0.1, -0.05) is 53.5 Å². The Bertz CT molecular complexity index is 1490. The molecule has 0 N–H and O–H groups in total. The highest BCUT2D eigenvalue weighted by Gasteiger charge is 2.29. The number of ether oxygens (including phenoxy) is 1. The number of nitriles is 1. The molecule has 0 spiro atoms. The van der Waals surface area contributed by atoms with E-state index in [1.165, 1.54) is 23.2 Å². The first-order valence-electron chi connectivity index (χ1n) is 9.65. The molecular formula is C24H18Cl2N2O3S. The Morgan fingerprint density at radius 2 is 1.75 bits per heavy atom. The van der Waals surface area contributed by atoms with Crippen molar-refractivity contribution in [3.05, 3.63) is 93.1 Å². The van der Waals surface area contributed by atoms with Crippen LogP contribution in [0.15, 0.2) is 65.6 Å². The second-order valence-electron chi connectivity index (χ2n) is 7.20. The molecule has 8 heteroatoms. The summed E-state index contributed by atoms with van der Waals surface area (Å²) in [4.78, 5) is 0.118. The molecule has 0 aliphatic heterocycles. The van der Waals surface area contributed by atoms with E-state index in [9.17, 15) is 13.7 Å². The third kappa shape index (κ3) is 3.53. The minimum atomic E-state index is -4.02. The molecule has 0 amide bonds. The van der Waals surface area contributed by atoms with Gasteiger partial charge in [-0.15, -0.1) is 0 Å². The standard InChI is InChI=1S/C24H18Cl2N2O3S/c1-15-7-6-10-20-23(15)18(14-27)21(13-17-19(25)11-12-22(31-2)24(17)26)28(20)32(29,30)16-8-4-3-5-9-16/h3-12H,13H2,1-2H3. The topological polar surface area (TPSA) is 72.1 Å². The van der Waals surface area contributed by atoms with Crippen molar-refractivity contribution in [1.29, 1.82) is 5.26 Å². The van der Waals surface area contributed by atoms with Gasteiger partial charge in [-0.3, -0.25) is 0 Å². The average molecular weight is 485 g/mol. The van der Waals surface area contributed by atoms with Gasteiger partial charge >= 0.3 is 0 Å². The Kier molecular flexibility index (Phi) is 5.91. The van der Waals surface area contributed by atoms with E-state index in [1.54, 1.807) is 42.5 Å². The van der Waals surface area contributed by atoms with Crippen LogP contribution in [-0.2, 0) is 16.4 Å². The van der Waals surface area contributed by atoms with Gasteiger partial charge in [0.1, 0.15) is 11.8 Å². The van der Waals surface area contributed by atoms with Gasteiger partial charge in [0.25, 0.3) is 10.0 Å². The van der Waals surface area contributed by atoms with Gasteiger partial charge in [-0.2, -0.15) is 5.26 Å². The molecule has 1 aromatic heterocycles. The predicted molar refractivity (Wildman–Crippen MR) is 126 cm³/mol. The molecule has 4 rings (SSSR count). The highest BCUT2D eigenvalue weighted by atomic mass is 35.5. The Hall–Kier alpha value is -2.98. The second kappa shape index (κ2) is 8.51. The van der Waals surface area contributed by atoms with Crippen LogP contribution < -0.4 is 4.74 Å². The zero-order valence-electron chi connectivity index (χ0n) is 17.3. The summed E-state index contributed by atoms with van der Waals surface area (Å²) in [5.74, 6) is 0.411. The largest absolute Gasteiger partial charge is 0.495 e. The molecule has 0 unspecified atom stereocenters. The highest BCUT2D eigenvalue weighted by Crippen LogP contribution is 2.38. The van der Waals surface area contributed by atoms with Gasteiger partial charge < -0.3 is 4.74 Å². The van der Waals surface area contributed by atoms with Crippen molar-refractivity contribution in [2.45, 2.75) is 18.2 Å². The summed E-state index contributed by atoms with van der Waals surface area (Å²) in [6.45, 7) is 1.85. The summed E-state index contributed by atoms with van der Waals surface area (Å²) in [6, 6.07) is 18.9. The maximum Gasteiger partial charge on any atom is 0.268 e. The molecule has 0 saturated carbocycles. The van der Waals surface area contributed by atoms with Crippen LogP contribution in [0.5, 0.6) is 5.75 Å². The van der Waals surface area contributed by atoms with Crippen LogP contribution in [0, 0.1) is 18.3 Å². The van der Waals surface area contributed by atoms with Crippen molar-refractivity contribution >= 4 is 44.1 Å². The molecule has 0 radical (unpaired) electrons. The molecule has 32 heavy (non-hydrogen) atoms. The quantitative estimate of drug-likeness (QED) is 0.350. The smallest absolute Gasteiger partial charge is 0.268 e.